The minimum Gasteiger partial charge on any atom is -0.320 e. The summed E-state index contributed by atoms with van der Waals surface area (Å²) in [5.74, 6) is 0. The lowest BCUT2D eigenvalue weighted by Crippen LogP contribution is -2.29. The second-order valence-electron chi connectivity index (χ2n) is 3.20. The Morgan fingerprint density at radius 1 is 1.56 bits per heavy atom. The number of amidine groups is 1. The summed E-state index contributed by atoms with van der Waals surface area (Å²) in [7, 11) is 1.80. The minimum atomic E-state index is 0.513. The quantitative estimate of drug-likeness (QED) is 0.473. The molecule has 0 unspecified atom stereocenters. The van der Waals surface area contributed by atoms with E-state index in [0.29, 0.717) is 5.15 Å². The molecule has 3 nitrogen and oxygen atoms in total. The topological polar surface area (TPSA) is 28.5 Å². The van der Waals surface area contributed by atoms with Gasteiger partial charge in [-0.05, 0) is 24.8 Å². The number of hydrogen-bond donors (Lipinski definition) is 0. The van der Waals surface area contributed by atoms with Gasteiger partial charge in [-0.3, -0.25) is 4.99 Å². The molecule has 0 aliphatic heterocycles. The van der Waals surface area contributed by atoms with Crippen LogP contribution in [0, 0.1) is 0 Å². The summed E-state index contributed by atoms with van der Waals surface area (Å²) >= 11 is 7.41. The van der Waals surface area contributed by atoms with Crippen LogP contribution in [0.3, 0.4) is 0 Å². The number of hydrogen-bond acceptors (Lipinski definition) is 3. The third-order valence-electron chi connectivity index (χ3n) is 2.08. The zero-order valence-electron chi connectivity index (χ0n) is 9.77. The molecule has 0 fully saturated rings. The maximum absolute atomic E-state index is 5.78. The zero-order valence-corrected chi connectivity index (χ0v) is 11.3. The van der Waals surface area contributed by atoms with Gasteiger partial charge in [-0.25, -0.2) is 4.98 Å². The third kappa shape index (κ3) is 3.39. The zero-order chi connectivity index (χ0) is 12.0. The van der Waals surface area contributed by atoms with Crippen molar-refractivity contribution < 1.29 is 0 Å². The molecule has 1 aromatic heterocycles. The molecule has 0 aliphatic carbocycles. The number of aromatic nitrogens is 1. The number of rotatable bonds is 3. The number of anilines is 1. The maximum atomic E-state index is 5.78. The summed E-state index contributed by atoms with van der Waals surface area (Å²) in [5, 5.41) is 1.50. The first-order valence-electron chi connectivity index (χ1n) is 5.12. The van der Waals surface area contributed by atoms with Crippen molar-refractivity contribution in [3.63, 3.8) is 0 Å². The van der Waals surface area contributed by atoms with E-state index < -0.39 is 0 Å². The van der Waals surface area contributed by atoms with Crippen molar-refractivity contribution in [2.24, 2.45) is 4.99 Å². The molecule has 0 saturated heterocycles. The van der Waals surface area contributed by atoms with Crippen LogP contribution in [-0.4, -0.2) is 30.0 Å². The average Bonchev–Trinajstić information content (AvgIpc) is 2.31. The Bertz CT molecular complexity index is 351. The molecule has 88 valence electrons. The van der Waals surface area contributed by atoms with Crippen LogP contribution in [0.2, 0.25) is 5.15 Å². The molecule has 0 spiro atoms. The molecule has 1 rings (SSSR count). The van der Waals surface area contributed by atoms with Gasteiger partial charge in [0, 0.05) is 13.6 Å². The number of pyridine rings is 1. The fraction of sp³-hybridized carbons (Fsp3) is 0.455. The van der Waals surface area contributed by atoms with Gasteiger partial charge in [0.15, 0.2) is 5.17 Å². The summed E-state index contributed by atoms with van der Waals surface area (Å²) in [6, 6.07) is 3.76. The highest BCUT2D eigenvalue weighted by Crippen LogP contribution is 2.19. The summed E-state index contributed by atoms with van der Waals surface area (Å²) in [6.45, 7) is 3.07. The first kappa shape index (κ1) is 13.3. The molecule has 0 atom stereocenters. The van der Waals surface area contributed by atoms with E-state index >= 15 is 0 Å². The smallest absolute Gasteiger partial charge is 0.163 e. The molecule has 1 heterocycles. The molecule has 0 radical (unpaired) electrons. The molecule has 16 heavy (non-hydrogen) atoms. The molecular weight excluding hydrogens is 242 g/mol. The van der Waals surface area contributed by atoms with Crippen molar-refractivity contribution in [1.29, 1.82) is 0 Å². The highest BCUT2D eigenvalue weighted by molar-refractivity contribution is 8.13. The van der Waals surface area contributed by atoms with Crippen molar-refractivity contribution in [2.75, 3.05) is 24.7 Å². The van der Waals surface area contributed by atoms with Gasteiger partial charge in [0.1, 0.15) is 5.15 Å². The molecule has 5 heteroatoms. The summed E-state index contributed by atoms with van der Waals surface area (Å²) in [5.41, 5.74) is 1.03. The van der Waals surface area contributed by atoms with Gasteiger partial charge in [0.05, 0.1) is 11.9 Å². The molecule has 0 saturated carbocycles. The lowest BCUT2D eigenvalue weighted by molar-refractivity contribution is 0.904. The molecular formula is C11H16ClN3S. The van der Waals surface area contributed by atoms with E-state index in [2.05, 4.69) is 21.8 Å². The van der Waals surface area contributed by atoms with Crippen LogP contribution in [0.25, 0.3) is 0 Å². The van der Waals surface area contributed by atoms with Crippen molar-refractivity contribution >= 4 is 34.2 Å². The van der Waals surface area contributed by atoms with E-state index in [1.807, 2.05) is 12.3 Å². The Hall–Kier alpha value is -0.740. The van der Waals surface area contributed by atoms with Gasteiger partial charge in [-0.15, -0.1) is 0 Å². The Morgan fingerprint density at radius 3 is 2.75 bits per heavy atom. The summed E-state index contributed by atoms with van der Waals surface area (Å²) < 4.78 is 0. The number of aliphatic imine (C=N–C) groups is 1. The normalized spacial score (nSPS) is 11.6. The van der Waals surface area contributed by atoms with Crippen LogP contribution in [0.4, 0.5) is 5.69 Å². The standard InChI is InChI=1S/C11H16ClN3S/c1-4-7-15(11(13-2)16-3)9-5-6-10(12)14-8-9/h5-6,8H,4,7H2,1-3H3. The lowest BCUT2D eigenvalue weighted by atomic mass is 10.3. The predicted octanol–water partition coefficient (Wildman–Crippen LogP) is 3.30. The highest BCUT2D eigenvalue weighted by atomic mass is 35.5. The van der Waals surface area contributed by atoms with Gasteiger partial charge in [-0.1, -0.05) is 30.3 Å². The SMILES string of the molecule is CCCN(C(=NC)SC)c1ccc(Cl)nc1. The van der Waals surface area contributed by atoms with Crippen molar-refractivity contribution in [3.05, 3.63) is 23.5 Å². The number of halogens is 1. The largest absolute Gasteiger partial charge is 0.320 e. The number of thioether (sulfide) groups is 1. The van der Waals surface area contributed by atoms with E-state index in [1.165, 1.54) is 0 Å². The van der Waals surface area contributed by atoms with E-state index in [4.69, 9.17) is 11.6 Å². The Morgan fingerprint density at radius 2 is 2.31 bits per heavy atom. The van der Waals surface area contributed by atoms with Gasteiger partial charge >= 0.3 is 0 Å². The molecule has 0 aromatic carbocycles. The second kappa shape index (κ2) is 6.76. The third-order valence-corrected chi connectivity index (χ3v) is 3.07. The molecule has 0 aliphatic rings. The van der Waals surface area contributed by atoms with Crippen molar-refractivity contribution in [3.8, 4) is 0 Å². The summed E-state index contributed by atoms with van der Waals surface area (Å²) in [6.07, 6.45) is 4.86. The monoisotopic (exact) mass is 257 g/mol. The van der Waals surface area contributed by atoms with Crippen molar-refractivity contribution in [2.45, 2.75) is 13.3 Å². The van der Waals surface area contributed by atoms with E-state index in [1.54, 1.807) is 31.1 Å². The van der Waals surface area contributed by atoms with Gasteiger partial charge in [0.2, 0.25) is 0 Å². The Balaban J connectivity index is 2.97. The first-order valence-corrected chi connectivity index (χ1v) is 6.73. The predicted molar refractivity (Wildman–Crippen MR) is 73.8 cm³/mol. The van der Waals surface area contributed by atoms with Crippen molar-refractivity contribution in [1.82, 2.24) is 4.98 Å². The van der Waals surface area contributed by atoms with E-state index in [0.717, 1.165) is 23.8 Å². The molecule has 0 bridgehead atoms. The minimum absolute atomic E-state index is 0.513. The van der Waals surface area contributed by atoms with Crippen LogP contribution in [0.1, 0.15) is 13.3 Å². The lowest BCUT2D eigenvalue weighted by Gasteiger charge is -2.23. The molecule has 1 aromatic rings. The van der Waals surface area contributed by atoms with Crippen LogP contribution < -0.4 is 4.90 Å². The molecule has 0 amide bonds. The second-order valence-corrected chi connectivity index (χ2v) is 4.36. The van der Waals surface area contributed by atoms with E-state index in [9.17, 15) is 0 Å². The van der Waals surface area contributed by atoms with E-state index in [-0.39, 0.29) is 0 Å². The van der Waals surface area contributed by atoms with Crippen LogP contribution in [-0.2, 0) is 0 Å². The fourth-order valence-corrected chi connectivity index (χ4v) is 2.12. The first-order chi connectivity index (χ1) is 7.72. The van der Waals surface area contributed by atoms with Crippen LogP contribution in [0.5, 0.6) is 0 Å². The fourth-order valence-electron chi connectivity index (χ4n) is 1.41. The molecule has 0 N–H and O–H groups in total. The maximum Gasteiger partial charge on any atom is 0.163 e. The van der Waals surface area contributed by atoms with Gasteiger partial charge < -0.3 is 4.90 Å². The summed E-state index contributed by atoms with van der Waals surface area (Å²) in [4.78, 5) is 10.5. The van der Waals surface area contributed by atoms with Crippen LogP contribution >= 0.6 is 23.4 Å². The Kier molecular flexibility index (Phi) is 5.63. The highest BCUT2D eigenvalue weighted by Gasteiger charge is 2.11. The van der Waals surface area contributed by atoms with Gasteiger partial charge in [-0.2, -0.15) is 0 Å². The Labute approximate surface area is 106 Å². The average molecular weight is 258 g/mol. The van der Waals surface area contributed by atoms with Crippen LogP contribution in [0.15, 0.2) is 23.3 Å². The number of nitrogens with zero attached hydrogens (tertiary/aromatic N) is 3. The van der Waals surface area contributed by atoms with Gasteiger partial charge in [0.25, 0.3) is 0 Å².